The Hall–Kier alpha value is -4.44. The summed E-state index contributed by atoms with van der Waals surface area (Å²) in [5.74, 6) is 1.72. The van der Waals surface area contributed by atoms with Crippen LogP contribution in [0, 0.1) is 0 Å². The van der Waals surface area contributed by atoms with Gasteiger partial charge >= 0.3 is 6.18 Å². The summed E-state index contributed by atoms with van der Waals surface area (Å²) < 4.78 is 40.1. The zero-order valence-electron chi connectivity index (χ0n) is 21.5. The number of aromatic hydroxyl groups is 1. The van der Waals surface area contributed by atoms with Gasteiger partial charge in [0.2, 0.25) is 0 Å². The first-order valence-electron chi connectivity index (χ1n) is 12.6. The van der Waals surface area contributed by atoms with Gasteiger partial charge in [-0.1, -0.05) is 42.5 Å². The zero-order chi connectivity index (χ0) is 28.1. The van der Waals surface area contributed by atoms with Crippen molar-refractivity contribution in [2.45, 2.75) is 26.1 Å². The van der Waals surface area contributed by atoms with Crippen molar-refractivity contribution >= 4 is 45.0 Å². The molecule has 0 unspecified atom stereocenters. The molecule has 204 valence electrons. The molecule has 0 atom stereocenters. The van der Waals surface area contributed by atoms with E-state index in [0.717, 1.165) is 33.3 Å². The van der Waals surface area contributed by atoms with E-state index in [1.165, 1.54) is 12.1 Å². The SMILES string of the molecule is CC=Nc1c(NCCc2ccc(O)cc2)nc(-c2csc3ccccc23)nc1NCc1ccc(C(F)(F)F)cc1. The predicted octanol–water partition coefficient (Wildman–Crippen LogP) is 8.07. The molecule has 10 heteroatoms. The molecule has 5 aromatic rings. The second-order valence-corrected chi connectivity index (χ2v) is 9.93. The van der Waals surface area contributed by atoms with Gasteiger partial charge in [0.05, 0.1) is 5.56 Å². The molecule has 0 saturated carbocycles. The lowest BCUT2D eigenvalue weighted by Gasteiger charge is -2.16. The number of aliphatic imine (C=N–C) groups is 1. The maximum absolute atomic E-state index is 13.0. The first-order chi connectivity index (χ1) is 19.3. The van der Waals surface area contributed by atoms with Crippen LogP contribution >= 0.6 is 11.3 Å². The first kappa shape index (κ1) is 27.1. The van der Waals surface area contributed by atoms with Gasteiger partial charge in [-0.05, 0) is 54.8 Å². The van der Waals surface area contributed by atoms with E-state index in [9.17, 15) is 18.3 Å². The lowest BCUT2D eigenvalue weighted by molar-refractivity contribution is -0.137. The zero-order valence-corrected chi connectivity index (χ0v) is 22.4. The van der Waals surface area contributed by atoms with Gasteiger partial charge in [-0.15, -0.1) is 11.3 Å². The highest BCUT2D eigenvalue weighted by Crippen LogP contribution is 2.38. The smallest absolute Gasteiger partial charge is 0.416 e. The van der Waals surface area contributed by atoms with Crippen LogP contribution in [0.15, 0.2) is 83.2 Å². The highest BCUT2D eigenvalue weighted by atomic mass is 32.1. The van der Waals surface area contributed by atoms with Crippen LogP contribution in [0.3, 0.4) is 0 Å². The third-order valence-corrected chi connectivity index (χ3v) is 7.21. The number of rotatable bonds is 9. The lowest BCUT2D eigenvalue weighted by atomic mass is 10.1. The summed E-state index contributed by atoms with van der Waals surface area (Å²) in [7, 11) is 0. The van der Waals surface area contributed by atoms with Crippen LogP contribution in [0.4, 0.5) is 30.5 Å². The number of hydrogen-bond donors (Lipinski definition) is 3. The van der Waals surface area contributed by atoms with Crippen LogP contribution in [0.25, 0.3) is 21.5 Å². The second-order valence-electron chi connectivity index (χ2n) is 9.02. The third kappa shape index (κ3) is 6.23. The Morgan fingerprint density at radius 1 is 0.900 bits per heavy atom. The maximum atomic E-state index is 13.0. The van der Waals surface area contributed by atoms with Gasteiger partial charge in [0.1, 0.15) is 11.4 Å². The van der Waals surface area contributed by atoms with Gasteiger partial charge in [-0.3, -0.25) is 4.99 Å². The number of phenolic OH excluding ortho intramolecular Hbond substituents is 1. The molecule has 0 aliphatic heterocycles. The van der Waals surface area contributed by atoms with E-state index < -0.39 is 11.7 Å². The van der Waals surface area contributed by atoms with E-state index in [4.69, 9.17) is 9.97 Å². The number of benzene rings is 3. The van der Waals surface area contributed by atoms with E-state index in [-0.39, 0.29) is 12.3 Å². The van der Waals surface area contributed by atoms with Crippen molar-refractivity contribution in [1.29, 1.82) is 0 Å². The molecule has 0 aliphatic carbocycles. The second kappa shape index (κ2) is 11.7. The van der Waals surface area contributed by atoms with Crippen molar-refractivity contribution in [3.63, 3.8) is 0 Å². The fourth-order valence-corrected chi connectivity index (χ4v) is 5.15. The molecule has 0 radical (unpaired) electrons. The molecule has 3 N–H and O–H groups in total. The minimum atomic E-state index is -4.39. The van der Waals surface area contributed by atoms with Crippen molar-refractivity contribution < 1.29 is 18.3 Å². The van der Waals surface area contributed by atoms with Crippen molar-refractivity contribution in [1.82, 2.24) is 9.97 Å². The summed E-state index contributed by atoms with van der Waals surface area (Å²) in [6, 6.07) is 20.1. The Bertz CT molecular complexity index is 1630. The molecular formula is C30H26F3N5OS. The van der Waals surface area contributed by atoms with Gasteiger partial charge in [0.25, 0.3) is 0 Å². The number of halogens is 3. The number of nitrogens with zero attached hydrogens (tertiary/aromatic N) is 3. The monoisotopic (exact) mass is 561 g/mol. The van der Waals surface area contributed by atoms with E-state index in [2.05, 4.69) is 15.6 Å². The van der Waals surface area contributed by atoms with Gasteiger partial charge in [0, 0.05) is 40.3 Å². The molecule has 0 spiro atoms. The van der Waals surface area contributed by atoms with Gasteiger partial charge in [-0.25, -0.2) is 9.97 Å². The molecule has 40 heavy (non-hydrogen) atoms. The fourth-order valence-electron chi connectivity index (χ4n) is 4.21. The minimum Gasteiger partial charge on any atom is -0.508 e. The van der Waals surface area contributed by atoms with Crippen molar-refractivity contribution in [2.24, 2.45) is 4.99 Å². The highest BCUT2D eigenvalue weighted by molar-refractivity contribution is 7.17. The summed E-state index contributed by atoms with van der Waals surface area (Å²) in [5.41, 5.74) is 2.41. The number of nitrogens with one attached hydrogen (secondary N) is 2. The average Bonchev–Trinajstić information content (AvgIpc) is 3.38. The molecule has 6 nitrogen and oxygen atoms in total. The molecule has 0 saturated heterocycles. The van der Waals surface area contributed by atoms with Gasteiger partial charge in [-0.2, -0.15) is 13.2 Å². The van der Waals surface area contributed by atoms with Gasteiger partial charge in [0.15, 0.2) is 17.5 Å². The van der Waals surface area contributed by atoms with Crippen LogP contribution in [-0.2, 0) is 19.1 Å². The predicted molar refractivity (Wildman–Crippen MR) is 156 cm³/mol. The lowest BCUT2D eigenvalue weighted by Crippen LogP contribution is -2.10. The number of fused-ring (bicyclic) bond motifs is 1. The number of hydrogen-bond acceptors (Lipinski definition) is 7. The van der Waals surface area contributed by atoms with Crippen LogP contribution in [0.1, 0.15) is 23.6 Å². The van der Waals surface area contributed by atoms with Crippen LogP contribution in [0.2, 0.25) is 0 Å². The largest absolute Gasteiger partial charge is 0.508 e. The summed E-state index contributed by atoms with van der Waals surface area (Å²) in [5, 5.41) is 19.3. The quantitative estimate of drug-likeness (QED) is 0.159. The van der Waals surface area contributed by atoms with E-state index >= 15 is 0 Å². The Kier molecular flexibility index (Phi) is 7.97. The summed E-state index contributed by atoms with van der Waals surface area (Å²) in [6.45, 7) is 2.59. The van der Waals surface area contributed by atoms with Gasteiger partial charge < -0.3 is 15.7 Å². The highest BCUT2D eigenvalue weighted by Gasteiger charge is 2.30. The Morgan fingerprint density at radius 2 is 1.57 bits per heavy atom. The Labute approximate surface area is 233 Å². The van der Waals surface area contributed by atoms with Crippen molar-refractivity contribution in [2.75, 3.05) is 17.2 Å². The standard InChI is InChI=1S/C30H26F3N5OS/c1-2-34-26-28(35-16-15-19-9-13-22(39)14-10-19)37-27(24-18-40-25-6-4-3-5-23(24)25)38-29(26)36-17-20-7-11-21(12-8-20)30(31,32)33/h2-14,18,39H,15-17H2,1H3,(H2,35,36,37,38). The normalized spacial score (nSPS) is 11.8. The third-order valence-electron chi connectivity index (χ3n) is 6.25. The van der Waals surface area contributed by atoms with E-state index in [1.807, 2.05) is 41.8 Å². The molecule has 0 fully saturated rings. The molecule has 0 amide bonds. The molecular weight excluding hydrogens is 535 g/mol. The molecule has 3 aromatic carbocycles. The fraction of sp³-hybridized carbons (Fsp3) is 0.167. The average molecular weight is 562 g/mol. The Balaban J connectivity index is 1.48. The van der Waals surface area contributed by atoms with Crippen LogP contribution in [0.5, 0.6) is 5.75 Å². The molecule has 0 bridgehead atoms. The minimum absolute atomic E-state index is 0.212. The van der Waals surface area contributed by atoms with E-state index in [0.29, 0.717) is 41.7 Å². The molecule has 2 heterocycles. The van der Waals surface area contributed by atoms with E-state index in [1.54, 1.807) is 36.6 Å². The molecule has 2 aromatic heterocycles. The number of thiophene rings is 1. The number of aromatic nitrogens is 2. The summed E-state index contributed by atoms with van der Waals surface area (Å²) in [6.07, 6.45) is -2.06. The molecule has 0 aliphatic rings. The Morgan fingerprint density at radius 3 is 2.27 bits per heavy atom. The topological polar surface area (TPSA) is 82.4 Å². The number of phenols is 1. The van der Waals surface area contributed by atoms with Crippen LogP contribution in [-0.4, -0.2) is 27.8 Å². The summed E-state index contributed by atoms with van der Waals surface area (Å²) in [4.78, 5) is 14.2. The maximum Gasteiger partial charge on any atom is 0.416 e. The number of alkyl halides is 3. The number of anilines is 2. The van der Waals surface area contributed by atoms with Crippen molar-refractivity contribution in [3.8, 4) is 17.1 Å². The first-order valence-corrected chi connectivity index (χ1v) is 13.5. The van der Waals surface area contributed by atoms with Crippen molar-refractivity contribution in [3.05, 3.63) is 94.9 Å². The molecule has 5 rings (SSSR count). The summed E-state index contributed by atoms with van der Waals surface area (Å²) >= 11 is 1.60. The van der Waals surface area contributed by atoms with Crippen LogP contribution < -0.4 is 10.6 Å².